The Labute approximate surface area is 133 Å². The summed E-state index contributed by atoms with van der Waals surface area (Å²) in [6.45, 7) is 0.733. The Kier molecular flexibility index (Phi) is 3.42. The molecular formula is C16H17N3O4. The minimum atomic E-state index is -0.243. The third-order valence-electron chi connectivity index (χ3n) is 4.16. The molecule has 2 aliphatic rings. The number of para-hydroxylation sites is 1. The maximum absolute atomic E-state index is 12.6. The summed E-state index contributed by atoms with van der Waals surface area (Å²) in [5, 5.41) is 3.04. The monoisotopic (exact) mass is 315 g/mol. The number of hydrogen-bond acceptors (Lipinski definition) is 5. The van der Waals surface area contributed by atoms with Crippen LogP contribution in [0.4, 0.5) is 0 Å². The SMILES string of the molecule is Cn1ccnc1[C@H]1OCC[C@@H]1NC(=O)c1cccc2c1OCO2. The van der Waals surface area contributed by atoms with Crippen LogP contribution in [0.25, 0.3) is 0 Å². The average molecular weight is 315 g/mol. The fourth-order valence-corrected chi connectivity index (χ4v) is 3.00. The highest BCUT2D eigenvalue weighted by Crippen LogP contribution is 2.36. The zero-order valence-corrected chi connectivity index (χ0v) is 12.7. The highest BCUT2D eigenvalue weighted by atomic mass is 16.7. The number of nitrogens with zero attached hydrogens (tertiary/aromatic N) is 2. The Morgan fingerprint density at radius 2 is 2.30 bits per heavy atom. The largest absolute Gasteiger partial charge is 0.454 e. The van der Waals surface area contributed by atoms with E-state index in [0.29, 0.717) is 23.7 Å². The van der Waals surface area contributed by atoms with E-state index in [1.165, 1.54) is 0 Å². The van der Waals surface area contributed by atoms with E-state index in [0.717, 1.165) is 12.2 Å². The van der Waals surface area contributed by atoms with Gasteiger partial charge in [0, 0.05) is 26.0 Å². The second-order valence-corrected chi connectivity index (χ2v) is 5.60. The number of nitrogens with one attached hydrogen (secondary N) is 1. The number of carbonyl (C=O) groups excluding carboxylic acids is 1. The Morgan fingerprint density at radius 1 is 1.39 bits per heavy atom. The molecule has 1 N–H and O–H groups in total. The molecule has 3 heterocycles. The lowest BCUT2D eigenvalue weighted by Crippen LogP contribution is -2.37. The molecule has 0 aliphatic carbocycles. The molecule has 7 nitrogen and oxygen atoms in total. The van der Waals surface area contributed by atoms with Gasteiger partial charge in [-0.3, -0.25) is 4.79 Å². The van der Waals surface area contributed by atoms with Crippen LogP contribution in [0.15, 0.2) is 30.6 Å². The van der Waals surface area contributed by atoms with Gasteiger partial charge in [-0.1, -0.05) is 6.07 Å². The minimum absolute atomic E-state index is 0.123. The predicted molar refractivity (Wildman–Crippen MR) is 80.3 cm³/mol. The van der Waals surface area contributed by atoms with Gasteiger partial charge in [0.1, 0.15) is 11.9 Å². The fourth-order valence-electron chi connectivity index (χ4n) is 3.00. The second kappa shape index (κ2) is 5.58. The van der Waals surface area contributed by atoms with Gasteiger partial charge in [-0.15, -0.1) is 0 Å². The van der Waals surface area contributed by atoms with Crippen LogP contribution >= 0.6 is 0 Å². The van der Waals surface area contributed by atoms with Gasteiger partial charge in [-0.25, -0.2) is 4.98 Å². The molecule has 1 aromatic carbocycles. The number of benzene rings is 1. The van der Waals surface area contributed by atoms with Gasteiger partial charge in [-0.2, -0.15) is 0 Å². The van der Waals surface area contributed by atoms with Crippen LogP contribution in [0.1, 0.15) is 28.7 Å². The predicted octanol–water partition coefficient (Wildman–Crippen LogP) is 1.41. The van der Waals surface area contributed by atoms with E-state index in [-0.39, 0.29) is 24.8 Å². The normalized spacial score (nSPS) is 22.3. The summed E-state index contributed by atoms with van der Waals surface area (Å²) in [6.07, 6.45) is 4.10. The number of aryl methyl sites for hydroxylation is 1. The molecule has 4 rings (SSSR count). The smallest absolute Gasteiger partial charge is 0.255 e. The molecule has 0 saturated carbocycles. The van der Waals surface area contributed by atoms with Crippen molar-refractivity contribution in [3.8, 4) is 11.5 Å². The molecule has 2 atom stereocenters. The van der Waals surface area contributed by atoms with Gasteiger partial charge in [0.2, 0.25) is 6.79 Å². The molecular weight excluding hydrogens is 298 g/mol. The van der Waals surface area contributed by atoms with Crippen LogP contribution in [-0.2, 0) is 11.8 Å². The van der Waals surface area contributed by atoms with Crippen LogP contribution in [0.5, 0.6) is 11.5 Å². The molecule has 1 fully saturated rings. The van der Waals surface area contributed by atoms with Crippen molar-refractivity contribution in [2.45, 2.75) is 18.6 Å². The molecule has 1 amide bonds. The standard InChI is InChI=1S/C16H17N3O4/c1-19-7-6-17-15(19)14-11(5-8-21-14)18-16(20)10-3-2-4-12-13(10)23-9-22-12/h2-4,6-7,11,14H,5,8-9H2,1H3,(H,18,20)/t11-,14-/m0/s1. The molecule has 120 valence electrons. The van der Waals surface area contributed by atoms with Crippen LogP contribution in [0, 0.1) is 0 Å². The lowest BCUT2D eigenvalue weighted by molar-refractivity contribution is 0.0776. The quantitative estimate of drug-likeness (QED) is 0.927. The highest BCUT2D eigenvalue weighted by molar-refractivity contribution is 5.98. The van der Waals surface area contributed by atoms with Crippen molar-refractivity contribution >= 4 is 5.91 Å². The Morgan fingerprint density at radius 3 is 3.13 bits per heavy atom. The molecule has 0 spiro atoms. The van der Waals surface area contributed by atoms with Crippen molar-refractivity contribution in [2.24, 2.45) is 7.05 Å². The van der Waals surface area contributed by atoms with Crippen LogP contribution in [0.2, 0.25) is 0 Å². The number of rotatable bonds is 3. The Balaban J connectivity index is 1.55. The van der Waals surface area contributed by atoms with Gasteiger partial charge < -0.3 is 24.1 Å². The lowest BCUT2D eigenvalue weighted by Gasteiger charge is -2.20. The lowest BCUT2D eigenvalue weighted by atomic mass is 10.1. The van der Waals surface area contributed by atoms with Crippen molar-refractivity contribution < 1.29 is 19.0 Å². The van der Waals surface area contributed by atoms with Crippen LogP contribution in [0.3, 0.4) is 0 Å². The molecule has 7 heteroatoms. The highest BCUT2D eigenvalue weighted by Gasteiger charge is 2.34. The first-order chi connectivity index (χ1) is 11.2. The summed E-state index contributed by atoms with van der Waals surface area (Å²) in [7, 11) is 1.91. The number of fused-ring (bicyclic) bond motifs is 1. The number of amides is 1. The van der Waals surface area contributed by atoms with Crippen molar-refractivity contribution in [1.29, 1.82) is 0 Å². The summed E-state index contributed by atoms with van der Waals surface area (Å²) < 4.78 is 18.4. The third kappa shape index (κ3) is 2.43. The van der Waals surface area contributed by atoms with E-state index in [1.807, 2.05) is 17.8 Å². The fraction of sp³-hybridized carbons (Fsp3) is 0.375. The van der Waals surface area contributed by atoms with E-state index in [1.54, 1.807) is 24.4 Å². The molecule has 0 unspecified atom stereocenters. The van der Waals surface area contributed by atoms with E-state index < -0.39 is 0 Å². The molecule has 1 aromatic heterocycles. The average Bonchev–Trinajstić information content (AvgIpc) is 3.26. The summed E-state index contributed by atoms with van der Waals surface area (Å²) in [5.41, 5.74) is 0.477. The third-order valence-corrected chi connectivity index (χ3v) is 4.16. The van der Waals surface area contributed by atoms with Crippen LogP contribution < -0.4 is 14.8 Å². The number of carbonyl (C=O) groups is 1. The van der Waals surface area contributed by atoms with Crippen molar-refractivity contribution in [3.63, 3.8) is 0 Å². The van der Waals surface area contributed by atoms with Gasteiger partial charge in [-0.05, 0) is 18.6 Å². The van der Waals surface area contributed by atoms with E-state index in [9.17, 15) is 4.79 Å². The zero-order chi connectivity index (χ0) is 15.8. The topological polar surface area (TPSA) is 74.6 Å². The number of imidazole rings is 1. The number of hydrogen-bond donors (Lipinski definition) is 1. The molecule has 23 heavy (non-hydrogen) atoms. The molecule has 1 saturated heterocycles. The minimum Gasteiger partial charge on any atom is -0.454 e. The molecule has 0 radical (unpaired) electrons. The van der Waals surface area contributed by atoms with Crippen molar-refractivity contribution in [1.82, 2.24) is 14.9 Å². The van der Waals surface area contributed by atoms with E-state index in [2.05, 4.69) is 10.3 Å². The number of ether oxygens (including phenoxy) is 3. The summed E-state index contributed by atoms with van der Waals surface area (Å²) in [5.74, 6) is 1.71. The van der Waals surface area contributed by atoms with Gasteiger partial charge >= 0.3 is 0 Å². The molecule has 2 aromatic rings. The Bertz CT molecular complexity index is 743. The summed E-state index contributed by atoms with van der Waals surface area (Å²) >= 11 is 0. The van der Waals surface area contributed by atoms with Crippen LogP contribution in [-0.4, -0.2) is 34.9 Å². The maximum atomic E-state index is 12.6. The van der Waals surface area contributed by atoms with Gasteiger partial charge in [0.25, 0.3) is 5.91 Å². The number of aromatic nitrogens is 2. The Hall–Kier alpha value is -2.54. The molecule has 0 bridgehead atoms. The maximum Gasteiger partial charge on any atom is 0.255 e. The zero-order valence-electron chi connectivity index (χ0n) is 12.7. The first-order valence-corrected chi connectivity index (χ1v) is 7.52. The second-order valence-electron chi connectivity index (χ2n) is 5.60. The summed E-state index contributed by atoms with van der Waals surface area (Å²) in [4.78, 5) is 17.0. The molecule has 2 aliphatic heterocycles. The van der Waals surface area contributed by atoms with Gasteiger partial charge in [0.15, 0.2) is 11.5 Å². The van der Waals surface area contributed by atoms with E-state index >= 15 is 0 Å². The van der Waals surface area contributed by atoms with Gasteiger partial charge in [0.05, 0.1) is 11.6 Å². The first-order valence-electron chi connectivity index (χ1n) is 7.52. The first kappa shape index (κ1) is 14.1. The van der Waals surface area contributed by atoms with Crippen molar-refractivity contribution in [3.05, 3.63) is 42.0 Å². The van der Waals surface area contributed by atoms with E-state index in [4.69, 9.17) is 14.2 Å². The van der Waals surface area contributed by atoms with Crippen molar-refractivity contribution in [2.75, 3.05) is 13.4 Å². The summed E-state index contributed by atoms with van der Waals surface area (Å²) in [6, 6.07) is 5.17.